The van der Waals surface area contributed by atoms with E-state index in [0.717, 1.165) is 0 Å². The third-order valence-electron chi connectivity index (χ3n) is 3.97. The van der Waals surface area contributed by atoms with Crippen molar-refractivity contribution in [2.75, 3.05) is 4.72 Å². The molecule has 28 heavy (non-hydrogen) atoms. The van der Waals surface area contributed by atoms with E-state index < -0.39 is 15.8 Å². The van der Waals surface area contributed by atoms with Gasteiger partial charge in [-0.2, -0.15) is 18.4 Å². The highest BCUT2D eigenvalue weighted by Gasteiger charge is 2.22. The Hall–Kier alpha value is -3.01. The summed E-state index contributed by atoms with van der Waals surface area (Å²) in [5.74, 6) is -0.569. The van der Waals surface area contributed by atoms with Gasteiger partial charge in [-0.1, -0.05) is 12.1 Å². The molecular weight excluding hydrogens is 385 g/mol. The number of sulfonamides is 1. The SMILES string of the molecule is Cc1nc(Oc2ccccc2F)nc(C)c1NS(=O)(=O)c1cn(C(C)C)cn1. The monoisotopic (exact) mass is 405 g/mol. The number of nitrogens with zero attached hydrogens (tertiary/aromatic N) is 4. The summed E-state index contributed by atoms with van der Waals surface area (Å²) in [6, 6.07) is 5.87. The molecule has 148 valence electrons. The van der Waals surface area contributed by atoms with Crippen LogP contribution in [0, 0.1) is 19.7 Å². The molecule has 2 heterocycles. The van der Waals surface area contributed by atoms with Crippen molar-refractivity contribution in [3.05, 3.63) is 54.0 Å². The van der Waals surface area contributed by atoms with Crippen LogP contribution in [0.25, 0.3) is 0 Å². The van der Waals surface area contributed by atoms with Crippen LogP contribution in [0.4, 0.5) is 10.1 Å². The van der Waals surface area contributed by atoms with Gasteiger partial charge in [-0.25, -0.2) is 9.37 Å². The number of rotatable bonds is 6. The molecule has 3 rings (SSSR count). The van der Waals surface area contributed by atoms with Gasteiger partial charge in [0, 0.05) is 12.2 Å². The number of halogens is 1. The van der Waals surface area contributed by atoms with Gasteiger partial charge in [0.05, 0.1) is 23.4 Å². The summed E-state index contributed by atoms with van der Waals surface area (Å²) in [6.07, 6.45) is 2.91. The zero-order chi connectivity index (χ0) is 20.5. The summed E-state index contributed by atoms with van der Waals surface area (Å²) in [6.45, 7) is 7.05. The molecule has 0 amide bonds. The number of hydrogen-bond acceptors (Lipinski definition) is 6. The van der Waals surface area contributed by atoms with Crippen molar-refractivity contribution < 1.29 is 17.5 Å². The van der Waals surface area contributed by atoms with E-state index in [0.29, 0.717) is 11.4 Å². The van der Waals surface area contributed by atoms with E-state index in [4.69, 9.17) is 4.74 Å². The molecule has 8 nitrogen and oxygen atoms in total. The second-order valence-electron chi connectivity index (χ2n) is 6.44. The van der Waals surface area contributed by atoms with Gasteiger partial charge in [0.25, 0.3) is 10.0 Å². The second-order valence-corrected chi connectivity index (χ2v) is 8.07. The number of imidazole rings is 1. The zero-order valence-electron chi connectivity index (χ0n) is 15.8. The maximum absolute atomic E-state index is 13.7. The Morgan fingerprint density at radius 1 is 1.14 bits per heavy atom. The fraction of sp³-hybridized carbons (Fsp3) is 0.278. The number of nitrogens with one attached hydrogen (secondary N) is 1. The van der Waals surface area contributed by atoms with Gasteiger partial charge in [-0.15, -0.1) is 0 Å². The van der Waals surface area contributed by atoms with E-state index >= 15 is 0 Å². The first-order chi connectivity index (χ1) is 13.2. The number of anilines is 1. The van der Waals surface area contributed by atoms with Gasteiger partial charge < -0.3 is 9.30 Å². The van der Waals surface area contributed by atoms with Crippen molar-refractivity contribution in [1.29, 1.82) is 0 Å². The number of ether oxygens (including phenoxy) is 1. The molecule has 0 saturated heterocycles. The average Bonchev–Trinajstić information content (AvgIpc) is 3.12. The third kappa shape index (κ3) is 4.11. The van der Waals surface area contributed by atoms with Crippen LogP contribution in [-0.2, 0) is 10.0 Å². The normalized spacial score (nSPS) is 11.6. The number of hydrogen-bond donors (Lipinski definition) is 1. The Morgan fingerprint density at radius 2 is 1.79 bits per heavy atom. The smallest absolute Gasteiger partial charge is 0.322 e. The lowest BCUT2D eigenvalue weighted by Gasteiger charge is -2.13. The van der Waals surface area contributed by atoms with Crippen LogP contribution >= 0.6 is 0 Å². The fourth-order valence-corrected chi connectivity index (χ4v) is 3.55. The molecule has 3 aromatic rings. The van der Waals surface area contributed by atoms with E-state index in [1.807, 2.05) is 13.8 Å². The molecule has 0 aliphatic heterocycles. The van der Waals surface area contributed by atoms with E-state index in [9.17, 15) is 12.8 Å². The quantitative estimate of drug-likeness (QED) is 0.673. The molecule has 0 aliphatic rings. The van der Waals surface area contributed by atoms with E-state index in [1.54, 1.807) is 24.5 Å². The van der Waals surface area contributed by atoms with Gasteiger partial charge in [-0.05, 0) is 39.8 Å². The Bertz CT molecular complexity index is 1090. The summed E-state index contributed by atoms with van der Waals surface area (Å²) in [5, 5.41) is -0.105. The molecule has 0 fully saturated rings. The van der Waals surface area contributed by atoms with Crippen molar-refractivity contribution in [2.45, 2.75) is 38.8 Å². The molecule has 0 radical (unpaired) electrons. The Labute approximate surface area is 162 Å². The molecule has 1 aromatic carbocycles. The number of para-hydroxylation sites is 1. The third-order valence-corrected chi connectivity index (χ3v) is 5.21. The van der Waals surface area contributed by atoms with Gasteiger partial charge in [0.1, 0.15) is 0 Å². The minimum Gasteiger partial charge on any atom is -0.421 e. The highest BCUT2D eigenvalue weighted by molar-refractivity contribution is 7.92. The summed E-state index contributed by atoms with van der Waals surface area (Å²) in [4.78, 5) is 12.2. The van der Waals surface area contributed by atoms with Crippen LogP contribution in [0.15, 0.2) is 41.8 Å². The molecule has 2 aromatic heterocycles. The zero-order valence-corrected chi connectivity index (χ0v) is 16.7. The number of aryl methyl sites for hydroxylation is 2. The molecule has 1 N–H and O–H groups in total. The summed E-state index contributed by atoms with van der Waals surface area (Å²) >= 11 is 0. The van der Waals surface area contributed by atoms with Crippen LogP contribution in [0.5, 0.6) is 11.8 Å². The van der Waals surface area contributed by atoms with E-state index in [1.165, 1.54) is 30.7 Å². The van der Waals surface area contributed by atoms with Crippen LogP contribution < -0.4 is 9.46 Å². The first kappa shape index (κ1) is 19.7. The minimum atomic E-state index is -3.91. The highest BCUT2D eigenvalue weighted by Crippen LogP contribution is 2.26. The van der Waals surface area contributed by atoms with Gasteiger partial charge in [-0.3, -0.25) is 4.72 Å². The first-order valence-electron chi connectivity index (χ1n) is 8.51. The van der Waals surface area contributed by atoms with Crippen molar-refractivity contribution in [3.63, 3.8) is 0 Å². The molecule has 0 unspecified atom stereocenters. The van der Waals surface area contributed by atoms with E-state index in [-0.39, 0.29) is 28.5 Å². The number of aromatic nitrogens is 4. The average molecular weight is 405 g/mol. The summed E-state index contributed by atoms with van der Waals surface area (Å²) in [5.41, 5.74) is 0.899. The maximum atomic E-state index is 13.7. The first-order valence-corrected chi connectivity index (χ1v) is 9.99. The second kappa shape index (κ2) is 7.55. The predicted octanol–water partition coefficient (Wildman–Crippen LogP) is 3.60. The van der Waals surface area contributed by atoms with Crippen LogP contribution in [0.1, 0.15) is 31.3 Å². The highest BCUT2D eigenvalue weighted by atomic mass is 32.2. The standard InChI is InChI=1S/C18H20FN5O3S/c1-11(2)24-9-16(20-10-24)28(25,26)23-17-12(3)21-18(22-13(17)4)27-15-8-6-5-7-14(15)19/h5-11,23H,1-4H3. The molecule has 0 spiro atoms. The Balaban J connectivity index is 1.87. The van der Waals surface area contributed by atoms with Gasteiger partial charge in [0.2, 0.25) is 0 Å². The molecule has 0 bridgehead atoms. The molecule has 10 heteroatoms. The lowest BCUT2D eigenvalue weighted by atomic mass is 10.3. The van der Waals surface area contributed by atoms with E-state index in [2.05, 4.69) is 19.7 Å². The topological polar surface area (TPSA) is 99.0 Å². The lowest BCUT2D eigenvalue weighted by molar-refractivity contribution is 0.409. The lowest BCUT2D eigenvalue weighted by Crippen LogP contribution is -2.16. The van der Waals surface area contributed by atoms with Crippen molar-refractivity contribution >= 4 is 15.7 Å². The minimum absolute atomic E-state index is 0.0196. The van der Waals surface area contributed by atoms with Crippen LogP contribution in [0.2, 0.25) is 0 Å². The Morgan fingerprint density at radius 3 is 2.36 bits per heavy atom. The van der Waals surface area contributed by atoms with Crippen molar-refractivity contribution in [3.8, 4) is 11.8 Å². The summed E-state index contributed by atoms with van der Waals surface area (Å²) < 4.78 is 48.6. The van der Waals surface area contributed by atoms with Crippen molar-refractivity contribution in [1.82, 2.24) is 19.5 Å². The van der Waals surface area contributed by atoms with Crippen molar-refractivity contribution in [2.24, 2.45) is 0 Å². The molecule has 0 aliphatic carbocycles. The Kier molecular flexibility index (Phi) is 5.32. The van der Waals surface area contributed by atoms with Crippen LogP contribution in [-0.4, -0.2) is 27.9 Å². The fourth-order valence-electron chi connectivity index (χ4n) is 2.43. The molecular formula is C18H20FN5O3S. The number of benzene rings is 1. The van der Waals surface area contributed by atoms with Gasteiger partial charge in [0.15, 0.2) is 16.6 Å². The predicted molar refractivity (Wildman–Crippen MR) is 101 cm³/mol. The molecule has 0 saturated carbocycles. The maximum Gasteiger partial charge on any atom is 0.322 e. The summed E-state index contributed by atoms with van der Waals surface area (Å²) in [7, 11) is -3.91. The van der Waals surface area contributed by atoms with Gasteiger partial charge >= 0.3 is 6.01 Å². The largest absolute Gasteiger partial charge is 0.421 e. The van der Waals surface area contributed by atoms with Crippen LogP contribution in [0.3, 0.4) is 0 Å². The molecule has 0 atom stereocenters.